The average Bonchev–Trinajstić information content (AvgIpc) is 2.98. The zero-order valence-electron chi connectivity index (χ0n) is 16.6. The standard InChI is InChI=1S/C22H32N2O2/c1-23(2)11-9-14-5-7-16-17-13-15-6-8-18(25-4)20-19(15)22(16,21(14)26-20)10-12-24(17)3/h6,8,14,16-17,21H,5,7,9-13H2,1-4H3/t14-,16-,17+,21-,22-/m0/s1. The Bertz CT molecular complexity index is 718. The molecule has 4 aliphatic rings. The Morgan fingerprint density at radius 2 is 2.15 bits per heavy atom. The van der Waals surface area contributed by atoms with Gasteiger partial charge in [0.2, 0.25) is 0 Å². The number of rotatable bonds is 4. The van der Waals surface area contributed by atoms with Gasteiger partial charge in [0.25, 0.3) is 0 Å². The molecule has 1 aromatic rings. The van der Waals surface area contributed by atoms with Crippen LogP contribution in [-0.2, 0) is 11.8 Å². The lowest BCUT2D eigenvalue weighted by Crippen LogP contribution is -2.65. The first-order chi connectivity index (χ1) is 12.6. The molecule has 1 aromatic carbocycles. The van der Waals surface area contributed by atoms with Crippen LogP contribution in [0.25, 0.3) is 0 Å². The minimum absolute atomic E-state index is 0.226. The smallest absolute Gasteiger partial charge is 0.165 e. The van der Waals surface area contributed by atoms with Gasteiger partial charge in [0, 0.05) is 17.0 Å². The molecule has 2 fully saturated rings. The molecule has 2 heterocycles. The van der Waals surface area contributed by atoms with Gasteiger partial charge in [-0.05, 0) is 89.8 Å². The number of methoxy groups -OCH3 is 1. The van der Waals surface area contributed by atoms with Crippen molar-refractivity contribution in [3.63, 3.8) is 0 Å². The molecule has 2 aliphatic heterocycles. The van der Waals surface area contributed by atoms with Crippen molar-refractivity contribution in [2.75, 3.05) is 41.3 Å². The molecule has 142 valence electrons. The van der Waals surface area contributed by atoms with Gasteiger partial charge in [-0.25, -0.2) is 0 Å². The summed E-state index contributed by atoms with van der Waals surface area (Å²) in [5.74, 6) is 3.42. The van der Waals surface area contributed by atoms with E-state index >= 15 is 0 Å². The predicted octanol–water partition coefficient (Wildman–Crippen LogP) is 2.93. The van der Waals surface area contributed by atoms with Crippen LogP contribution in [0.5, 0.6) is 11.5 Å². The van der Waals surface area contributed by atoms with Crippen molar-refractivity contribution in [1.29, 1.82) is 0 Å². The second-order valence-electron chi connectivity index (χ2n) is 9.25. The Labute approximate surface area is 157 Å². The molecule has 0 N–H and O–H groups in total. The quantitative estimate of drug-likeness (QED) is 0.828. The third-order valence-electron chi connectivity index (χ3n) is 7.87. The van der Waals surface area contributed by atoms with Crippen LogP contribution in [0.15, 0.2) is 12.1 Å². The second-order valence-corrected chi connectivity index (χ2v) is 9.25. The van der Waals surface area contributed by atoms with Crippen molar-refractivity contribution in [2.24, 2.45) is 11.8 Å². The van der Waals surface area contributed by atoms with Gasteiger partial charge in [-0.1, -0.05) is 6.07 Å². The fourth-order valence-corrected chi connectivity index (χ4v) is 6.72. The second kappa shape index (κ2) is 5.87. The largest absolute Gasteiger partial charge is 0.493 e. The third kappa shape index (κ3) is 2.09. The van der Waals surface area contributed by atoms with E-state index < -0.39 is 0 Å². The molecular formula is C22H32N2O2. The summed E-state index contributed by atoms with van der Waals surface area (Å²) >= 11 is 0. The number of nitrogens with zero attached hydrogens (tertiary/aromatic N) is 2. The highest BCUT2D eigenvalue weighted by atomic mass is 16.5. The zero-order chi connectivity index (χ0) is 18.1. The Morgan fingerprint density at radius 3 is 2.92 bits per heavy atom. The minimum atomic E-state index is 0.226. The van der Waals surface area contributed by atoms with Gasteiger partial charge in [-0.2, -0.15) is 0 Å². The molecule has 0 aromatic heterocycles. The summed E-state index contributed by atoms with van der Waals surface area (Å²) < 4.78 is 12.5. The summed E-state index contributed by atoms with van der Waals surface area (Å²) in [6.45, 7) is 2.34. The Hall–Kier alpha value is -1.26. The fourth-order valence-electron chi connectivity index (χ4n) is 6.72. The van der Waals surface area contributed by atoms with Crippen LogP contribution in [0.4, 0.5) is 0 Å². The monoisotopic (exact) mass is 356 g/mol. The summed E-state index contributed by atoms with van der Waals surface area (Å²) in [7, 11) is 8.47. The van der Waals surface area contributed by atoms with E-state index in [9.17, 15) is 0 Å². The van der Waals surface area contributed by atoms with Crippen molar-refractivity contribution in [3.8, 4) is 11.5 Å². The van der Waals surface area contributed by atoms with Crippen molar-refractivity contribution < 1.29 is 9.47 Å². The number of benzene rings is 1. The minimum Gasteiger partial charge on any atom is -0.493 e. The van der Waals surface area contributed by atoms with Crippen LogP contribution in [-0.4, -0.2) is 63.3 Å². The first-order valence-electron chi connectivity index (χ1n) is 10.3. The van der Waals surface area contributed by atoms with Crippen LogP contribution in [0.3, 0.4) is 0 Å². The van der Waals surface area contributed by atoms with E-state index in [0.717, 1.165) is 24.0 Å². The highest BCUT2D eigenvalue weighted by Gasteiger charge is 2.65. The number of likely N-dealkylation sites (N-methyl/N-ethyl adjacent to an activating group) is 1. The normalized spacial score (nSPS) is 37.4. The van der Waals surface area contributed by atoms with Gasteiger partial charge >= 0.3 is 0 Å². The van der Waals surface area contributed by atoms with Gasteiger partial charge in [0.1, 0.15) is 6.10 Å². The summed E-state index contributed by atoms with van der Waals surface area (Å²) in [5, 5.41) is 0. The van der Waals surface area contributed by atoms with Gasteiger partial charge in [0.05, 0.1) is 7.11 Å². The Kier molecular flexibility index (Phi) is 3.81. The predicted molar refractivity (Wildman–Crippen MR) is 103 cm³/mol. The van der Waals surface area contributed by atoms with Gasteiger partial charge in [-0.15, -0.1) is 0 Å². The maximum Gasteiger partial charge on any atom is 0.165 e. The molecule has 0 radical (unpaired) electrons. The molecule has 1 saturated carbocycles. The van der Waals surface area contributed by atoms with E-state index in [-0.39, 0.29) is 5.41 Å². The van der Waals surface area contributed by atoms with E-state index in [2.05, 4.69) is 43.1 Å². The van der Waals surface area contributed by atoms with E-state index in [1.165, 1.54) is 49.8 Å². The fraction of sp³-hybridized carbons (Fsp3) is 0.727. The molecule has 5 rings (SSSR count). The topological polar surface area (TPSA) is 24.9 Å². The summed E-state index contributed by atoms with van der Waals surface area (Å²) in [5.41, 5.74) is 3.28. The van der Waals surface area contributed by atoms with Crippen molar-refractivity contribution in [1.82, 2.24) is 9.80 Å². The number of hydrogen-bond donors (Lipinski definition) is 0. The first-order valence-corrected chi connectivity index (χ1v) is 10.3. The van der Waals surface area contributed by atoms with Gasteiger partial charge in [-0.3, -0.25) is 0 Å². The molecule has 1 spiro atoms. The molecule has 2 aliphatic carbocycles. The first kappa shape index (κ1) is 16.9. The molecule has 4 nitrogen and oxygen atoms in total. The zero-order valence-corrected chi connectivity index (χ0v) is 16.6. The third-order valence-corrected chi connectivity index (χ3v) is 7.87. The highest BCUT2D eigenvalue weighted by molar-refractivity contribution is 5.61. The lowest BCUT2D eigenvalue weighted by atomic mass is 9.50. The molecule has 26 heavy (non-hydrogen) atoms. The lowest BCUT2D eigenvalue weighted by Gasteiger charge is -2.59. The van der Waals surface area contributed by atoms with Crippen LogP contribution in [0.2, 0.25) is 0 Å². The number of ether oxygens (including phenoxy) is 2. The van der Waals surface area contributed by atoms with Crippen LogP contribution in [0, 0.1) is 11.8 Å². The molecule has 0 amide bonds. The van der Waals surface area contributed by atoms with E-state index in [1.54, 1.807) is 7.11 Å². The molecular weight excluding hydrogens is 324 g/mol. The number of piperidine rings is 1. The summed E-state index contributed by atoms with van der Waals surface area (Å²) in [4.78, 5) is 4.94. The SMILES string of the molecule is COc1ccc2c3c1O[C@H]1[C@H](CCN(C)C)CC[C@H]4[C@@H](C2)N(C)CC[C@@]341. The van der Waals surface area contributed by atoms with Gasteiger partial charge in [0.15, 0.2) is 11.5 Å². The molecule has 4 heteroatoms. The average molecular weight is 357 g/mol. The maximum atomic E-state index is 6.82. The molecule has 0 unspecified atom stereocenters. The molecule has 2 bridgehead atoms. The van der Waals surface area contributed by atoms with Crippen molar-refractivity contribution in [2.45, 2.75) is 49.7 Å². The maximum absolute atomic E-state index is 6.82. The Morgan fingerprint density at radius 1 is 1.31 bits per heavy atom. The number of hydrogen-bond acceptors (Lipinski definition) is 4. The van der Waals surface area contributed by atoms with E-state index in [1.807, 2.05) is 0 Å². The van der Waals surface area contributed by atoms with Crippen LogP contribution in [0.1, 0.15) is 36.8 Å². The van der Waals surface area contributed by atoms with E-state index in [4.69, 9.17) is 9.47 Å². The summed E-state index contributed by atoms with van der Waals surface area (Å²) in [6, 6.07) is 5.13. The Balaban J connectivity index is 1.63. The van der Waals surface area contributed by atoms with E-state index in [0.29, 0.717) is 18.1 Å². The van der Waals surface area contributed by atoms with Crippen LogP contribution >= 0.6 is 0 Å². The molecule has 1 saturated heterocycles. The summed E-state index contributed by atoms with van der Waals surface area (Å²) in [6.07, 6.45) is 6.64. The van der Waals surface area contributed by atoms with Crippen LogP contribution < -0.4 is 9.47 Å². The van der Waals surface area contributed by atoms with Crippen molar-refractivity contribution >= 4 is 0 Å². The highest BCUT2D eigenvalue weighted by Crippen LogP contribution is 2.65. The van der Waals surface area contributed by atoms with Crippen molar-refractivity contribution in [3.05, 3.63) is 23.3 Å². The number of likely N-dealkylation sites (tertiary alicyclic amines) is 1. The molecule has 5 atom stereocenters. The lowest BCUT2D eigenvalue weighted by molar-refractivity contribution is -0.0714. The van der Waals surface area contributed by atoms with Gasteiger partial charge < -0.3 is 19.3 Å².